The van der Waals surface area contributed by atoms with Crippen LogP contribution in [0.4, 0.5) is 0 Å². The number of nitrogens with one attached hydrogen (secondary N) is 1. The standard InChI is InChI=1S/C20H19NO3/c1-3-14-5-4-6-16-17(11-21-19(14)16)18(22)12-24-20(23)15-9-7-13(2)8-10-15/h4-11,21H,3,12H2,1-2H3. The van der Waals surface area contributed by atoms with Crippen LogP contribution < -0.4 is 0 Å². The molecule has 3 rings (SSSR count). The maximum atomic E-state index is 12.4. The van der Waals surface area contributed by atoms with Crippen molar-refractivity contribution < 1.29 is 14.3 Å². The molecule has 24 heavy (non-hydrogen) atoms. The topological polar surface area (TPSA) is 59.2 Å². The van der Waals surface area contributed by atoms with E-state index in [9.17, 15) is 9.59 Å². The molecule has 3 aromatic rings. The quantitative estimate of drug-likeness (QED) is 0.569. The number of hydrogen-bond acceptors (Lipinski definition) is 3. The van der Waals surface area contributed by atoms with Gasteiger partial charge in [-0.1, -0.05) is 42.8 Å². The van der Waals surface area contributed by atoms with Crippen molar-refractivity contribution in [2.24, 2.45) is 0 Å². The van der Waals surface area contributed by atoms with Crippen LogP contribution in [0.1, 0.15) is 38.8 Å². The van der Waals surface area contributed by atoms with E-state index in [1.807, 2.05) is 37.3 Å². The number of carbonyl (C=O) groups is 2. The van der Waals surface area contributed by atoms with Crippen molar-refractivity contribution in [3.63, 3.8) is 0 Å². The van der Waals surface area contributed by atoms with Crippen LogP contribution in [0.25, 0.3) is 10.9 Å². The van der Waals surface area contributed by atoms with Crippen LogP contribution in [0.15, 0.2) is 48.7 Å². The number of aromatic nitrogens is 1. The van der Waals surface area contributed by atoms with E-state index >= 15 is 0 Å². The summed E-state index contributed by atoms with van der Waals surface area (Å²) in [6, 6.07) is 12.9. The van der Waals surface area contributed by atoms with Gasteiger partial charge >= 0.3 is 5.97 Å². The Labute approximate surface area is 140 Å². The first-order valence-corrected chi connectivity index (χ1v) is 7.96. The smallest absolute Gasteiger partial charge is 0.338 e. The fourth-order valence-electron chi connectivity index (χ4n) is 2.72. The van der Waals surface area contributed by atoms with Crippen molar-refractivity contribution >= 4 is 22.7 Å². The van der Waals surface area contributed by atoms with Crippen LogP contribution in [0.2, 0.25) is 0 Å². The van der Waals surface area contributed by atoms with E-state index in [1.165, 1.54) is 0 Å². The molecule has 1 heterocycles. The molecule has 0 bridgehead atoms. The Morgan fingerprint density at radius 3 is 2.54 bits per heavy atom. The highest BCUT2D eigenvalue weighted by atomic mass is 16.5. The highest BCUT2D eigenvalue weighted by Crippen LogP contribution is 2.22. The van der Waals surface area contributed by atoms with Gasteiger partial charge in [-0.15, -0.1) is 0 Å². The predicted octanol–water partition coefficient (Wildman–Crippen LogP) is 4.08. The third kappa shape index (κ3) is 3.08. The molecule has 0 amide bonds. The maximum absolute atomic E-state index is 12.4. The molecule has 0 saturated carbocycles. The minimum absolute atomic E-state index is 0.213. The third-order valence-electron chi connectivity index (χ3n) is 4.10. The first-order valence-electron chi connectivity index (χ1n) is 7.96. The summed E-state index contributed by atoms with van der Waals surface area (Å²) in [5.41, 5.74) is 4.18. The molecule has 0 radical (unpaired) electrons. The van der Waals surface area contributed by atoms with E-state index in [4.69, 9.17) is 4.74 Å². The van der Waals surface area contributed by atoms with Crippen LogP contribution in [0.5, 0.6) is 0 Å². The van der Waals surface area contributed by atoms with Gasteiger partial charge in [-0.25, -0.2) is 4.79 Å². The molecule has 4 nitrogen and oxygen atoms in total. The van der Waals surface area contributed by atoms with Crippen molar-refractivity contribution in [2.45, 2.75) is 20.3 Å². The van der Waals surface area contributed by atoms with Gasteiger partial charge in [0.2, 0.25) is 5.78 Å². The fourth-order valence-corrected chi connectivity index (χ4v) is 2.72. The lowest BCUT2D eigenvalue weighted by Gasteiger charge is -2.05. The lowest BCUT2D eigenvalue weighted by atomic mass is 10.1. The first kappa shape index (κ1) is 16.0. The predicted molar refractivity (Wildman–Crippen MR) is 93.5 cm³/mol. The number of ether oxygens (including phenoxy) is 1. The molecule has 122 valence electrons. The lowest BCUT2D eigenvalue weighted by Crippen LogP contribution is -2.14. The number of esters is 1. The summed E-state index contributed by atoms with van der Waals surface area (Å²) in [6.07, 6.45) is 2.57. The van der Waals surface area contributed by atoms with Gasteiger partial charge in [0.15, 0.2) is 6.61 Å². The Kier molecular flexibility index (Phi) is 4.47. The summed E-state index contributed by atoms with van der Waals surface area (Å²) in [4.78, 5) is 27.6. The monoisotopic (exact) mass is 321 g/mol. The fraction of sp³-hybridized carbons (Fsp3) is 0.200. The Bertz CT molecular complexity index is 891. The molecule has 4 heteroatoms. The molecule has 0 fully saturated rings. The Morgan fingerprint density at radius 2 is 1.83 bits per heavy atom. The molecular formula is C20H19NO3. The number of H-pyrrole nitrogens is 1. The number of carbonyl (C=O) groups excluding carboxylic acids is 2. The Hall–Kier alpha value is -2.88. The number of ketones is 1. The van der Waals surface area contributed by atoms with Crippen molar-refractivity contribution in [2.75, 3.05) is 6.61 Å². The third-order valence-corrected chi connectivity index (χ3v) is 4.10. The number of hydrogen-bond donors (Lipinski definition) is 1. The Morgan fingerprint density at radius 1 is 1.08 bits per heavy atom. The number of fused-ring (bicyclic) bond motifs is 1. The summed E-state index contributed by atoms with van der Waals surface area (Å²) < 4.78 is 5.16. The van der Waals surface area contributed by atoms with Gasteiger partial charge in [0.25, 0.3) is 0 Å². The van der Waals surface area contributed by atoms with Crippen LogP contribution >= 0.6 is 0 Å². The van der Waals surface area contributed by atoms with Gasteiger partial charge < -0.3 is 9.72 Å². The average Bonchev–Trinajstić information content (AvgIpc) is 3.04. The van der Waals surface area contributed by atoms with Crippen LogP contribution in [-0.4, -0.2) is 23.3 Å². The molecule has 1 aromatic heterocycles. The molecular weight excluding hydrogens is 302 g/mol. The minimum Gasteiger partial charge on any atom is -0.454 e. The largest absolute Gasteiger partial charge is 0.454 e. The van der Waals surface area contributed by atoms with E-state index in [0.29, 0.717) is 11.1 Å². The van der Waals surface area contributed by atoms with E-state index in [1.54, 1.807) is 18.3 Å². The van der Waals surface area contributed by atoms with Crippen molar-refractivity contribution in [1.29, 1.82) is 0 Å². The number of aromatic amines is 1. The summed E-state index contributed by atoms with van der Waals surface area (Å²) in [7, 11) is 0. The normalized spacial score (nSPS) is 10.8. The Balaban J connectivity index is 1.74. The number of benzene rings is 2. The maximum Gasteiger partial charge on any atom is 0.338 e. The van der Waals surface area contributed by atoms with E-state index in [2.05, 4.69) is 11.9 Å². The molecule has 0 aliphatic carbocycles. The molecule has 2 aromatic carbocycles. The number of aryl methyl sites for hydroxylation is 2. The second kappa shape index (κ2) is 6.71. The second-order valence-corrected chi connectivity index (χ2v) is 5.76. The number of para-hydroxylation sites is 1. The molecule has 0 aliphatic heterocycles. The zero-order chi connectivity index (χ0) is 17.1. The van der Waals surface area contributed by atoms with Crippen LogP contribution in [0, 0.1) is 6.92 Å². The van der Waals surface area contributed by atoms with E-state index < -0.39 is 5.97 Å². The summed E-state index contributed by atoms with van der Waals surface area (Å²) in [6.45, 7) is 3.75. The summed E-state index contributed by atoms with van der Waals surface area (Å²) in [5, 5.41) is 0.866. The van der Waals surface area contributed by atoms with Gasteiger partial charge in [-0.2, -0.15) is 0 Å². The molecule has 0 aliphatic rings. The zero-order valence-corrected chi connectivity index (χ0v) is 13.8. The molecule has 0 saturated heterocycles. The highest BCUT2D eigenvalue weighted by molar-refractivity contribution is 6.09. The second-order valence-electron chi connectivity index (χ2n) is 5.76. The minimum atomic E-state index is -0.488. The summed E-state index contributed by atoms with van der Waals surface area (Å²) in [5.74, 6) is -0.701. The molecule has 0 spiro atoms. The van der Waals surface area contributed by atoms with Crippen molar-refractivity contribution in [1.82, 2.24) is 4.98 Å². The number of Topliss-reactive ketones (excluding diaryl/α,β-unsaturated/α-hetero) is 1. The zero-order valence-electron chi connectivity index (χ0n) is 13.8. The van der Waals surface area contributed by atoms with Crippen molar-refractivity contribution in [3.8, 4) is 0 Å². The molecule has 1 N–H and O–H groups in total. The highest BCUT2D eigenvalue weighted by Gasteiger charge is 2.16. The first-order chi connectivity index (χ1) is 11.6. The van der Waals surface area contributed by atoms with Gasteiger partial charge in [-0.3, -0.25) is 4.79 Å². The molecule has 0 unspecified atom stereocenters. The van der Waals surface area contributed by atoms with Gasteiger partial charge in [-0.05, 0) is 31.0 Å². The average molecular weight is 321 g/mol. The van der Waals surface area contributed by atoms with E-state index in [0.717, 1.165) is 28.5 Å². The number of rotatable bonds is 5. The lowest BCUT2D eigenvalue weighted by molar-refractivity contribution is 0.0475. The van der Waals surface area contributed by atoms with Crippen molar-refractivity contribution in [3.05, 3.63) is 70.9 Å². The molecule has 0 atom stereocenters. The van der Waals surface area contributed by atoms with Crippen LogP contribution in [-0.2, 0) is 11.2 Å². The van der Waals surface area contributed by atoms with Gasteiger partial charge in [0.1, 0.15) is 0 Å². The van der Waals surface area contributed by atoms with E-state index in [-0.39, 0.29) is 12.4 Å². The van der Waals surface area contributed by atoms with Gasteiger partial charge in [0.05, 0.1) is 5.56 Å². The summed E-state index contributed by atoms with van der Waals surface area (Å²) >= 11 is 0. The van der Waals surface area contributed by atoms with Gasteiger partial charge in [0, 0.05) is 22.7 Å². The van der Waals surface area contributed by atoms with Crippen LogP contribution in [0.3, 0.4) is 0 Å². The SMILES string of the molecule is CCc1cccc2c(C(=O)COC(=O)c3ccc(C)cc3)c[nH]c12.